The normalized spacial score (nSPS) is 12.5. The van der Waals surface area contributed by atoms with Gasteiger partial charge in [-0.1, -0.05) is 33.3 Å². The highest BCUT2D eigenvalue weighted by molar-refractivity contribution is 5.91. The SMILES string of the molecule is C=C(C(N)=O)C(CC)CCCC. The largest absolute Gasteiger partial charge is 0.366 e. The second-order valence-corrected chi connectivity index (χ2v) is 3.14. The number of unbranched alkanes of at least 4 members (excludes halogenated alkanes) is 1. The molecule has 0 aromatic carbocycles. The third-order valence-corrected chi connectivity index (χ3v) is 2.21. The van der Waals surface area contributed by atoms with Gasteiger partial charge in [-0.2, -0.15) is 0 Å². The molecule has 0 aromatic heterocycles. The van der Waals surface area contributed by atoms with Crippen molar-refractivity contribution in [2.45, 2.75) is 39.5 Å². The van der Waals surface area contributed by atoms with Crippen LogP contribution in [0.4, 0.5) is 0 Å². The molecule has 2 heteroatoms. The summed E-state index contributed by atoms with van der Waals surface area (Å²) < 4.78 is 0. The van der Waals surface area contributed by atoms with Crippen molar-refractivity contribution in [3.05, 3.63) is 12.2 Å². The molecule has 0 aliphatic rings. The number of primary amides is 1. The van der Waals surface area contributed by atoms with Crippen LogP contribution in [-0.4, -0.2) is 5.91 Å². The molecule has 12 heavy (non-hydrogen) atoms. The monoisotopic (exact) mass is 169 g/mol. The van der Waals surface area contributed by atoms with Crippen LogP contribution in [0.1, 0.15) is 39.5 Å². The van der Waals surface area contributed by atoms with Crippen LogP contribution in [0.2, 0.25) is 0 Å². The number of nitrogens with two attached hydrogens (primary N) is 1. The van der Waals surface area contributed by atoms with E-state index < -0.39 is 0 Å². The number of carbonyl (C=O) groups excluding carboxylic acids is 1. The number of hydrogen-bond donors (Lipinski definition) is 1. The molecule has 0 aromatic rings. The van der Waals surface area contributed by atoms with Crippen molar-refractivity contribution in [1.82, 2.24) is 0 Å². The van der Waals surface area contributed by atoms with Gasteiger partial charge in [-0.05, 0) is 18.8 Å². The third kappa shape index (κ3) is 3.56. The molecule has 0 spiro atoms. The fourth-order valence-corrected chi connectivity index (χ4v) is 1.28. The van der Waals surface area contributed by atoms with E-state index in [9.17, 15) is 4.79 Å². The van der Waals surface area contributed by atoms with Crippen LogP contribution >= 0.6 is 0 Å². The van der Waals surface area contributed by atoms with Gasteiger partial charge >= 0.3 is 0 Å². The maximum absolute atomic E-state index is 10.8. The van der Waals surface area contributed by atoms with E-state index in [1.165, 1.54) is 0 Å². The average molecular weight is 169 g/mol. The highest BCUT2D eigenvalue weighted by Crippen LogP contribution is 2.19. The molecule has 0 heterocycles. The zero-order valence-corrected chi connectivity index (χ0v) is 8.10. The second-order valence-electron chi connectivity index (χ2n) is 3.14. The van der Waals surface area contributed by atoms with E-state index in [1.807, 2.05) is 0 Å². The molecule has 0 aliphatic heterocycles. The number of hydrogen-bond acceptors (Lipinski definition) is 1. The van der Waals surface area contributed by atoms with Gasteiger partial charge in [0, 0.05) is 5.57 Å². The van der Waals surface area contributed by atoms with Crippen LogP contribution in [0, 0.1) is 5.92 Å². The topological polar surface area (TPSA) is 43.1 Å². The van der Waals surface area contributed by atoms with E-state index in [0.29, 0.717) is 11.5 Å². The van der Waals surface area contributed by atoms with Crippen molar-refractivity contribution in [3.8, 4) is 0 Å². The lowest BCUT2D eigenvalue weighted by Gasteiger charge is -2.14. The van der Waals surface area contributed by atoms with Gasteiger partial charge in [0.2, 0.25) is 5.91 Å². The number of carbonyl (C=O) groups is 1. The van der Waals surface area contributed by atoms with Gasteiger partial charge in [0.1, 0.15) is 0 Å². The molecule has 70 valence electrons. The molecule has 0 saturated carbocycles. The summed E-state index contributed by atoms with van der Waals surface area (Å²) in [5.41, 5.74) is 5.73. The first-order valence-corrected chi connectivity index (χ1v) is 4.62. The summed E-state index contributed by atoms with van der Waals surface area (Å²) in [7, 11) is 0. The lowest BCUT2D eigenvalue weighted by atomic mass is 9.92. The Hall–Kier alpha value is -0.790. The summed E-state index contributed by atoms with van der Waals surface area (Å²) in [6, 6.07) is 0. The minimum atomic E-state index is -0.349. The molecule has 1 unspecified atom stereocenters. The zero-order valence-electron chi connectivity index (χ0n) is 8.10. The van der Waals surface area contributed by atoms with E-state index in [1.54, 1.807) is 0 Å². The fourth-order valence-electron chi connectivity index (χ4n) is 1.28. The number of rotatable bonds is 6. The summed E-state index contributed by atoms with van der Waals surface area (Å²) in [6.07, 6.45) is 4.30. The summed E-state index contributed by atoms with van der Waals surface area (Å²) in [5.74, 6) is -0.0552. The first-order valence-electron chi connectivity index (χ1n) is 4.62. The molecule has 0 fully saturated rings. The average Bonchev–Trinajstić information content (AvgIpc) is 2.05. The molecule has 0 saturated heterocycles. The van der Waals surface area contributed by atoms with Crippen LogP contribution in [0.5, 0.6) is 0 Å². The van der Waals surface area contributed by atoms with E-state index in [-0.39, 0.29) is 5.91 Å². The Balaban J connectivity index is 3.96. The van der Waals surface area contributed by atoms with Crippen molar-refractivity contribution in [1.29, 1.82) is 0 Å². The molecule has 0 bridgehead atoms. The van der Waals surface area contributed by atoms with Gasteiger partial charge in [-0.3, -0.25) is 4.79 Å². The molecule has 1 atom stereocenters. The molecule has 2 nitrogen and oxygen atoms in total. The number of amides is 1. The van der Waals surface area contributed by atoms with Crippen LogP contribution in [-0.2, 0) is 4.79 Å². The van der Waals surface area contributed by atoms with Gasteiger partial charge in [0.15, 0.2) is 0 Å². The van der Waals surface area contributed by atoms with Crippen LogP contribution in [0.15, 0.2) is 12.2 Å². The van der Waals surface area contributed by atoms with Crippen LogP contribution in [0.25, 0.3) is 0 Å². The molecular formula is C10H19NO. The quantitative estimate of drug-likeness (QED) is 0.609. The Kier molecular flexibility index (Phi) is 5.43. The molecule has 2 N–H and O–H groups in total. The van der Waals surface area contributed by atoms with Gasteiger partial charge in [0.05, 0.1) is 0 Å². The van der Waals surface area contributed by atoms with Gasteiger partial charge in [-0.25, -0.2) is 0 Å². The Labute approximate surface area is 74.8 Å². The first-order chi connectivity index (χ1) is 5.63. The van der Waals surface area contributed by atoms with Crippen molar-refractivity contribution in [3.63, 3.8) is 0 Å². The minimum Gasteiger partial charge on any atom is -0.366 e. The second kappa shape index (κ2) is 5.81. The van der Waals surface area contributed by atoms with Crippen molar-refractivity contribution >= 4 is 5.91 Å². The Morgan fingerprint density at radius 1 is 1.50 bits per heavy atom. The molecular weight excluding hydrogens is 150 g/mol. The van der Waals surface area contributed by atoms with Gasteiger partial charge in [-0.15, -0.1) is 0 Å². The van der Waals surface area contributed by atoms with E-state index in [2.05, 4.69) is 20.4 Å². The summed E-state index contributed by atoms with van der Waals surface area (Å²) in [4.78, 5) is 10.8. The summed E-state index contributed by atoms with van der Waals surface area (Å²) in [6.45, 7) is 7.91. The molecule has 0 radical (unpaired) electrons. The maximum atomic E-state index is 10.8. The standard InChI is InChI=1S/C10H19NO/c1-4-6-7-9(5-2)8(3)10(11)12/h9H,3-7H2,1-2H3,(H2,11,12). The van der Waals surface area contributed by atoms with Crippen LogP contribution in [0.3, 0.4) is 0 Å². The Morgan fingerprint density at radius 3 is 2.42 bits per heavy atom. The first kappa shape index (κ1) is 11.2. The smallest absolute Gasteiger partial charge is 0.244 e. The molecule has 0 aliphatic carbocycles. The highest BCUT2D eigenvalue weighted by Gasteiger charge is 2.13. The lowest BCUT2D eigenvalue weighted by Crippen LogP contribution is -2.19. The molecule has 0 rings (SSSR count). The lowest BCUT2D eigenvalue weighted by molar-refractivity contribution is -0.115. The fraction of sp³-hybridized carbons (Fsp3) is 0.700. The highest BCUT2D eigenvalue weighted by atomic mass is 16.1. The summed E-state index contributed by atoms with van der Waals surface area (Å²) in [5, 5.41) is 0. The van der Waals surface area contributed by atoms with E-state index >= 15 is 0 Å². The minimum absolute atomic E-state index is 0.294. The predicted molar refractivity (Wildman–Crippen MR) is 51.6 cm³/mol. The predicted octanol–water partition coefficient (Wildman–Crippen LogP) is 2.24. The van der Waals surface area contributed by atoms with E-state index in [4.69, 9.17) is 5.73 Å². The summed E-state index contributed by atoms with van der Waals surface area (Å²) >= 11 is 0. The maximum Gasteiger partial charge on any atom is 0.244 e. The van der Waals surface area contributed by atoms with Gasteiger partial charge < -0.3 is 5.73 Å². The van der Waals surface area contributed by atoms with Crippen molar-refractivity contribution in [2.75, 3.05) is 0 Å². The van der Waals surface area contributed by atoms with E-state index in [0.717, 1.165) is 25.7 Å². The van der Waals surface area contributed by atoms with Crippen molar-refractivity contribution in [2.24, 2.45) is 11.7 Å². The molecule has 1 amide bonds. The third-order valence-electron chi connectivity index (χ3n) is 2.21. The van der Waals surface area contributed by atoms with Gasteiger partial charge in [0.25, 0.3) is 0 Å². The zero-order chi connectivity index (χ0) is 9.56. The van der Waals surface area contributed by atoms with Crippen molar-refractivity contribution < 1.29 is 4.79 Å². The Morgan fingerprint density at radius 2 is 2.08 bits per heavy atom. The Bertz CT molecular complexity index is 163. The van der Waals surface area contributed by atoms with Crippen LogP contribution < -0.4 is 5.73 Å².